The third kappa shape index (κ3) is 15.4. The highest BCUT2D eigenvalue weighted by atomic mass is 32.2. The molecule has 5 heterocycles. The topological polar surface area (TPSA) is 128 Å². The summed E-state index contributed by atoms with van der Waals surface area (Å²) < 4.78 is 50.9. The molecule has 0 aliphatic carbocycles. The van der Waals surface area contributed by atoms with Gasteiger partial charge in [-0.15, -0.1) is 0 Å². The average Bonchev–Trinajstić information content (AvgIpc) is 2.35. The van der Waals surface area contributed by atoms with E-state index >= 15 is 0 Å². The number of sulfonamides is 1. The van der Waals surface area contributed by atoms with Crippen LogP contribution in [-0.4, -0.2) is 153 Å². The minimum atomic E-state index is -3.49. The summed E-state index contributed by atoms with van der Waals surface area (Å²) in [7, 11) is 2.85. The minimum Gasteiger partial charge on any atom is -0.396 e. The van der Waals surface area contributed by atoms with Gasteiger partial charge in [0, 0.05) is 94.0 Å². The van der Waals surface area contributed by atoms with E-state index in [0.717, 1.165) is 110 Å². The van der Waals surface area contributed by atoms with E-state index < -0.39 is 19.9 Å². The number of anilines is 6. The van der Waals surface area contributed by atoms with Crippen LogP contribution in [0.25, 0.3) is 0 Å². The number of piperidine rings is 2. The maximum Gasteiger partial charge on any atom is 0.242 e. The zero-order valence-electron chi connectivity index (χ0n) is 49.4. The van der Waals surface area contributed by atoms with Gasteiger partial charge in [0.15, 0.2) is 15.6 Å². The number of aliphatic hydroxyl groups excluding tert-OH is 1. The van der Waals surface area contributed by atoms with Crippen LogP contribution >= 0.6 is 35.3 Å². The molecule has 0 bridgehead atoms. The molecule has 2 saturated heterocycles. The van der Waals surface area contributed by atoms with Gasteiger partial charge in [-0.25, -0.2) is 21.1 Å². The largest absolute Gasteiger partial charge is 0.396 e. The normalized spacial score (nSPS) is 17.0. The molecule has 5 aliphatic heterocycles. The van der Waals surface area contributed by atoms with Gasteiger partial charge in [-0.05, 0) is 196 Å². The molecule has 0 saturated carbocycles. The van der Waals surface area contributed by atoms with Gasteiger partial charge in [0.1, 0.15) is 0 Å². The molecule has 0 spiro atoms. The molecule has 5 aliphatic rings. The molecule has 13 nitrogen and oxygen atoms in total. The number of ketones is 1. The van der Waals surface area contributed by atoms with Crippen molar-refractivity contribution in [3.05, 3.63) is 133 Å². The molecule has 444 valence electrons. The third-order valence-corrected chi connectivity index (χ3v) is 22.7. The molecule has 6 aromatic carbocycles. The van der Waals surface area contributed by atoms with Gasteiger partial charge in [0.05, 0.1) is 43.9 Å². The molecule has 0 aromatic heterocycles. The first-order valence-electron chi connectivity index (χ1n) is 29.3. The number of fused-ring (bicyclic) bond motifs is 6. The standard InChI is InChI=1S/C24H33N3O3S2.C21H26N2O2S2.C20H24N2OS/c1-25(2)32(29,30)20-8-9-24-22(18-20)27(21-6-3-4-7-23(21)31-24)14-5-13-26-15-10-19(11-16-26)12-17-28;1-22-13-6-5-7-16(22)12-14-23-18-8-3-4-9-20(18)26-21-11-10-17(15-19(21)23)27(2,24)25;1-4-18(23)15-10-11-20-17(14-15)22(13-7-12-21(2)3)16-8-5-6-9-19(16)24-20/h3-4,6-9,18-19,28H,5,10-17H2,1-2H3;3-4,8-11,15-16H,5-7,12-14H2,1-2H3;5-6,8-11,14H,4,7,12-13H2,1-3H3. The van der Waals surface area contributed by atoms with Gasteiger partial charge >= 0.3 is 0 Å². The minimum absolute atomic E-state index is 0.204. The number of likely N-dealkylation sites (tertiary alicyclic amines) is 2. The number of Topliss-reactive ketones (excluding diaryl/α,β-unsaturated/α-hetero) is 1. The smallest absolute Gasteiger partial charge is 0.242 e. The van der Waals surface area contributed by atoms with E-state index in [2.05, 4.69) is 129 Å². The number of nitrogens with zero attached hydrogens (tertiary/aromatic N) is 7. The van der Waals surface area contributed by atoms with Crippen molar-refractivity contribution in [2.24, 2.45) is 5.92 Å². The average molecular weight is 1220 g/mol. The quantitative estimate of drug-likeness (QED) is 0.0819. The number of carbonyl (C=O) groups excluding carboxylic acids is 1. The highest BCUT2D eigenvalue weighted by Gasteiger charge is 2.30. The summed E-state index contributed by atoms with van der Waals surface area (Å²) in [5.41, 5.74) is 7.53. The van der Waals surface area contributed by atoms with E-state index in [1.807, 2.05) is 43.3 Å². The van der Waals surface area contributed by atoms with Crippen LogP contribution in [0.2, 0.25) is 0 Å². The molecular formula is C65H83N7O6S5. The van der Waals surface area contributed by atoms with Crippen molar-refractivity contribution in [1.29, 1.82) is 0 Å². The Kier molecular flexibility index (Phi) is 21.6. The number of benzene rings is 6. The van der Waals surface area contributed by atoms with Crippen LogP contribution in [0.3, 0.4) is 0 Å². The van der Waals surface area contributed by atoms with Crippen molar-refractivity contribution >= 4 is 95.1 Å². The molecular weight excluding hydrogens is 1140 g/mol. The summed E-state index contributed by atoms with van der Waals surface area (Å²) >= 11 is 5.21. The van der Waals surface area contributed by atoms with Crippen molar-refractivity contribution in [2.75, 3.05) is 115 Å². The summed E-state index contributed by atoms with van der Waals surface area (Å²) in [5.74, 6) is 0.862. The van der Waals surface area contributed by atoms with Crippen molar-refractivity contribution in [1.82, 2.24) is 19.0 Å². The molecule has 0 radical (unpaired) electrons. The van der Waals surface area contributed by atoms with E-state index in [0.29, 0.717) is 34.8 Å². The molecule has 1 atom stereocenters. The number of hydrogen-bond acceptors (Lipinski definition) is 15. The molecule has 18 heteroatoms. The Labute approximate surface area is 507 Å². The number of rotatable bonds is 18. The van der Waals surface area contributed by atoms with Crippen molar-refractivity contribution in [3.8, 4) is 0 Å². The van der Waals surface area contributed by atoms with Gasteiger partial charge in [-0.1, -0.05) is 91.1 Å². The first-order valence-corrected chi connectivity index (χ1v) is 35.1. The fourth-order valence-electron chi connectivity index (χ4n) is 11.6. The highest BCUT2D eigenvalue weighted by Crippen LogP contribution is 2.51. The second-order valence-electron chi connectivity index (χ2n) is 22.7. The maximum atomic E-state index is 12.7. The molecule has 1 unspecified atom stereocenters. The van der Waals surface area contributed by atoms with E-state index in [-0.39, 0.29) is 5.78 Å². The fraction of sp³-hybridized carbons (Fsp3) is 0.431. The summed E-state index contributed by atoms with van der Waals surface area (Å²) in [6, 6.07) is 43.0. The van der Waals surface area contributed by atoms with E-state index in [4.69, 9.17) is 5.11 Å². The predicted octanol–water partition coefficient (Wildman–Crippen LogP) is 13.4. The lowest BCUT2D eigenvalue weighted by atomic mass is 9.94. The molecule has 11 rings (SSSR count). The SMILES string of the molecule is CCC(=O)c1ccc2c(c1)N(CCCN(C)C)c1ccccc1S2.CN(C)S(=O)(=O)c1ccc2c(c1)N(CCCN1CCC(CCO)CC1)c1ccccc1S2.CN1CCCCC1CCN1c2ccccc2Sc2ccc(S(C)(=O)=O)cc21. The summed E-state index contributed by atoms with van der Waals surface area (Å²) in [6.45, 7) is 10.3. The lowest BCUT2D eigenvalue weighted by Crippen LogP contribution is -2.38. The van der Waals surface area contributed by atoms with Crippen LogP contribution in [-0.2, 0) is 19.9 Å². The van der Waals surface area contributed by atoms with Gasteiger partial charge in [-0.2, -0.15) is 0 Å². The molecule has 6 aromatic rings. The predicted molar refractivity (Wildman–Crippen MR) is 344 cm³/mol. The van der Waals surface area contributed by atoms with Crippen LogP contribution < -0.4 is 14.7 Å². The van der Waals surface area contributed by atoms with Crippen molar-refractivity contribution in [2.45, 2.75) is 116 Å². The van der Waals surface area contributed by atoms with Crippen LogP contribution in [0.4, 0.5) is 34.1 Å². The molecule has 1 N–H and O–H groups in total. The van der Waals surface area contributed by atoms with Crippen LogP contribution in [0.5, 0.6) is 0 Å². The Morgan fingerprint density at radius 3 is 1.58 bits per heavy atom. The zero-order chi connectivity index (χ0) is 58.8. The van der Waals surface area contributed by atoms with E-state index in [1.165, 1.54) is 80.2 Å². The van der Waals surface area contributed by atoms with E-state index in [1.54, 1.807) is 61.5 Å². The highest BCUT2D eigenvalue weighted by molar-refractivity contribution is 8.00. The Balaban J connectivity index is 0.000000151. The zero-order valence-corrected chi connectivity index (χ0v) is 53.5. The maximum absolute atomic E-state index is 12.7. The summed E-state index contributed by atoms with van der Waals surface area (Å²) in [4.78, 5) is 34.2. The Morgan fingerprint density at radius 2 is 1.06 bits per heavy atom. The Bertz CT molecular complexity index is 3430. The molecule has 0 amide bonds. The number of aliphatic hydroxyl groups is 1. The first kappa shape index (κ1) is 62.7. The number of sulfone groups is 1. The lowest BCUT2D eigenvalue weighted by molar-refractivity contribution is 0.0988. The monoisotopic (exact) mass is 1220 g/mol. The van der Waals surface area contributed by atoms with E-state index in [9.17, 15) is 21.6 Å². The molecule has 83 heavy (non-hydrogen) atoms. The number of hydrogen-bond donors (Lipinski definition) is 1. The third-order valence-electron chi connectivity index (χ3n) is 16.4. The fourth-order valence-corrected chi connectivity index (χ4v) is 16.4. The number of para-hydroxylation sites is 3. The van der Waals surface area contributed by atoms with Crippen LogP contribution in [0.1, 0.15) is 81.5 Å². The second kappa shape index (κ2) is 28.6. The first-order chi connectivity index (χ1) is 39.9. The van der Waals surface area contributed by atoms with Gasteiger partial charge in [0.2, 0.25) is 10.0 Å². The summed E-state index contributed by atoms with van der Waals surface area (Å²) in [6.07, 6.45) is 12.1. The second-order valence-corrected chi connectivity index (χ2v) is 30.1. The van der Waals surface area contributed by atoms with Crippen molar-refractivity contribution < 1.29 is 26.7 Å². The van der Waals surface area contributed by atoms with Crippen molar-refractivity contribution in [3.63, 3.8) is 0 Å². The van der Waals surface area contributed by atoms with Crippen LogP contribution in [0.15, 0.2) is 167 Å². The Hall–Kier alpha value is -4.86. The Morgan fingerprint density at radius 1 is 0.566 bits per heavy atom. The van der Waals surface area contributed by atoms with Gasteiger partial charge in [0.25, 0.3) is 0 Å². The summed E-state index contributed by atoms with van der Waals surface area (Å²) in [5, 5.41) is 9.17. The molecule has 2 fully saturated rings. The van der Waals surface area contributed by atoms with Gasteiger partial charge < -0.3 is 34.5 Å². The lowest BCUT2D eigenvalue weighted by Gasteiger charge is -2.37. The van der Waals surface area contributed by atoms with Gasteiger partial charge in [-0.3, -0.25) is 4.79 Å². The number of carbonyl (C=O) groups is 1. The van der Waals surface area contributed by atoms with Crippen LogP contribution in [0, 0.1) is 5.92 Å².